The molecule has 1 aromatic heterocycles. The van der Waals surface area contributed by atoms with Crippen molar-refractivity contribution >= 4 is 11.5 Å². The predicted molar refractivity (Wildman–Crippen MR) is 62.8 cm³/mol. The van der Waals surface area contributed by atoms with Crippen LogP contribution in [0.4, 0.5) is 11.5 Å². The molecule has 17 heavy (non-hydrogen) atoms. The van der Waals surface area contributed by atoms with Crippen molar-refractivity contribution in [3.05, 3.63) is 28.4 Å². The van der Waals surface area contributed by atoms with Gasteiger partial charge in [0, 0.05) is 0 Å². The van der Waals surface area contributed by atoms with E-state index in [9.17, 15) is 15.2 Å². The van der Waals surface area contributed by atoms with E-state index in [2.05, 4.69) is 10.3 Å². The van der Waals surface area contributed by atoms with Crippen LogP contribution in [0.15, 0.2) is 18.3 Å². The number of pyridine rings is 1. The Balaban J connectivity index is 2.14. The van der Waals surface area contributed by atoms with Gasteiger partial charge in [-0.25, -0.2) is 0 Å². The summed E-state index contributed by atoms with van der Waals surface area (Å²) in [6.07, 6.45) is 4.56. The highest BCUT2D eigenvalue weighted by atomic mass is 16.6. The van der Waals surface area contributed by atoms with Crippen molar-refractivity contribution in [2.24, 2.45) is 0 Å². The minimum absolute atomic E-state index is 0.119. The van der Waals surface area contributed by atoms with Crippen LogP contribution in [-0.4, -0.2) is 27.2 Å². The molecular formula is C11H15N3O3. The zero-order chi connectivity index (χ0) is 12.3. The summed E-state index contributed by atoms with van der Waals surface area (Å²) in [5.74, 6) is -0.190. The minimum Gasteiger partial charge on any atom is -0.391 e. The maximum Gasteiger partial charge on any atom is 0.386 e. The summed E-state index contributed by atoms with van der Waals surface area (Å²) in [5.41, 5.74) is 0.378. The molecule has 0 saturated heterocycles. The maximum absolute atomic E-state index is 10.8. The summed E-state index contributed by atoms with van der Waals surface area (Å²) in [4.78, 5) is 14.0. The quantitative estimate of drug-likeness (QED) is 0.617. The summed E-state index contributed by atoms with van der Waals surface area (Å²) in [6, 6.07) is 3.14. The van der Waals surface area contributed by atoms with Crippen LogP contribution in [0.3, 0.4) is 0 Å². The van der Waals surface area contributed by atoms with E-state index in [0.717, 1.165) is 25.7 Å². The van der Waals surface area contributed by atoms with E-state index in [1.807, 2.05) is 0 Å². The Hall–Kier alpha value is -1.69. The molecule has 0 bridgehead atoms. The third-order valence-electron chi connectivity index (χ3n) is 3.03. The van der Waals surface area contributed by atoms with Gasteiger partial charge in [0.05, 0.1) is 12.1 Å². The third kappa shape index (κ3) is 2.71. The van der Waals surface area contributed by atoms with E-state index >= 15 is 0 Å². The Kier molecular flexibility index (Phi) is 3.53. The Morgan fingerprint density at radius 1 is 1.47 bits per heavy atom. The van der Waals surface area contributed by atoms with E-state index < -0.39 is 11.0 Å². The number of aliphatic hydroxyl groups is 1. The zero-order valence-corrected chi connectivity index (χ0v) is 9.37. The molecule has 6 heteroatoms. The van der Waals surface area contributed by atoms with Crippen molar-refractivity contribution in [1.82, 2.24) is 4.98 Å². The van der Waals surface area contributed by atoms with Gasteiger partial charge in [-0.15, -0.1) is 0 Å². The maximum atomic E-state index is 10.8. The molecular weight excluding hydrogens is 222 g/mol. The highest BCUT2D eigenvalue weighted by Gasteiger charge is 2.25. The molecule has 2 unspecified atom stereocenters. The number of anilines is 1. The van der Waals surface area contributed by atoms with Crippen LogP contribution in [0.25, 0.3) is 0 Å². The molecule has 0 spiro atoms. The molecule has 0 aromatic carbocycles. The lowest BCUT2D eigenvalue weighted by Gasteiger charge is -2.28. The van der Waals surface area contributed by atoms with Crippen LogP contribution < -0.4 is 5.32 Å². The van der Waals surface area contributed by atoms with Crippen LogP contribution >= 0.6 is 0 Å². The van der Waals surface area contributed by atoms with Crippen LogP contribution in [-0.2, 0) is 0 Å². The number of hydrogen-bond acceptors (Lipinski definition) is 5. The Bertz CT molecular complexity index is 411. The molecule has 0 amide bonds. The zero-order valence-electron chi connectivity index (χ0n) is 9.37. The first-order chi connectivity index (χ1) is 8.18. The van der Waals surface area contributed by atoms with Gasteiger partial charge in [-0.05, 0) is 34.9 Å². The summed E-state index contributed by atoms with van der Waals surface area (Å²) in [7, 11) is 0. The number of aliphatic hydroxyl groups excluding tert-OH is 1. The molecule has 1 saturated carbocycles. The summed E-state index contributed by atoms with van der Waals surface area (Å²) >= 11 is 0. The Morgan fingerprint density at radius 3 is 2.94 bits per heavy atom. The largest absolute Gasteiger partial charge is 0.391 e. The van der Waals surface area contributed by atoms with E-state index in [1.54, 1.807) is 12.1 Å². The number of nitro groups is 1. The van der Waals surface area contributed by atoms with Crippen molar-refractivity contribution in [3.8, 4) is 0 Å². The van der Waals surface area contributed by atoms with Crippen LogP contribution in [0.5, 0.6) is 0 Å². The summed E-state index contributed by atoms with van der Waals surface area (Å²) in [6.45, 7) is 0. The van der Waals surface area contributed by atoms with E-state index in [1.165, 1.54) is 6.20 Å². The molecule has 1 aliphatic rings. The Morgan fingerprint density at radius 2 is 2.24 bits per heavy atom. The minimum atomic E-state index is -0.516. The number of nitrogens with zero attached hydrogens (tertiary/aromatic N) is 2. The van der Waals surface area contributed by atoms with Gasteiger partial charge in [0.2, 0.25) is 0 Å². The molecule has 1 fully saturated rings. The fraction of sp³-hybridized carbons (Fsp3) is 0.545. The van der Waals surface area contributed by atoms with Crippen molar-refractivity contribution in [2.45, 2.75) is 37.8 Å². The summed E-state index contributed by atoms with van der Waals surface area (Å²) < 4.78 is 0. The summed E-state index contributed by atoms with van der Waals surface area (Å²) in [5, 5.41) is 23.6. The first-order valence-electron chi connectivity index (χ1n) is 5.72. The highest BCUT2D eigenvalue weighted by Crippen LogP contribution is 2.26. The number of rotatable bonds is 3. The van der Waals surface area contributed by atoms with Gasteiger partial charge in [0.25, 0.3) is 0 Å². The molecule has 1 aromatic rings. The van der Waals surface area contributed by atoms with Crippen molar-refractivity contribution in [2.75, 3.05) is 5.32 Å². The number of nitrogens with one attached hydrogen (secondary N) is 1. The van der Waals surface area contributed by atoms with Gasteiger partial charge < -0.3 is 20.5 Å². The van der Waals surface area contributed by atoms with E-state index in [-0.39, 0.29) is 11.9 Å². The predicted octanol–water partition coefficient (Wildman–Crippen LogP) is 1.71. The van der Waals surface area contributed by atoms with Crippen molar-refractivity contribution < 1.29 is 10.0 Å². The molecule has 0 radical (unpaired) electrons. The fourth-order valence-corrected chi connectivity index (χ4v) is 2.13. The van der Waals surface area contributed by atoms with Crippen molar-refractivity contribution in [3.63, 3.8) is 0 Å². The topological polar surface area (TPSA) is 88.3 Å². The van der Waals surface area contributed by atoms with E-state index in [0.29, 0.717) is 5.69 Å². The number of aromatic nitrogens is 1. The molecule has 2 N–H and O–H groups in total. The lowest BCUT2D eigenvalue weighted by atomic mass is 9.92. The average Bonchev–Trinajstić information content (AvgIpc) is 2.32. The molecule has 2 atom stereocenters. The Labute approximate surface area is 98.8 Å². The molecule has 2 rings (SSSR count). The molecule has 0 aliphatic heterocycles. The van der Waals surface area contributed by atoms with Crippen molar-refractivity contribution in [1.29, 1.82) is 0 Å². The van der Waals surface area contributed by atoms with Crippen LogP contribution in [0.2, 0.25) is 0 Å². The molecule has 1 aliphatic carbocycles. The van der Waals surface area contributed by atoms with Gasteiger partial charge in [0.15, 0.2) is 0 Å². The second-order valence-corrected chi connectivity index (χ2v) is 4.23. The normalized spacial score (nSPS) is 24.3. The monoisotopic (exact) mass is 237 g/mol. The molecule has 6 nitrogen and oxygen atoms in total. The standard InChI is InChI=1S/C11H15N3O3/c15-10-6-2-1-4-8(10)13-9-5-3-7-12-11(9)14(16)17/h3,5,7-8,10,13,15H,1-2,4,6H2. The van der Waals surface area contributed by atoms with Gasteiger partial charge in [-0.2, -0.15) is 0 Å². The van der Waals surface area contributed by atoms with Crippen LogP contribution in [0, 0.1) is 10.1 Å². The average molecular weight is 237 g/mol. The van der Waals surface area contributed by atoms with Gasteiger partial charge in [-0.1, -0.05) is 12.8 Å². The fourth-order valence-electron chi connectivity index (χ4n) is 2.13. The first-order valence-corrected chi connectivity index (χ1v) is 5.72. The van der Waals surface area contributed by atoms with Crippen LogP contribution in [0.1, 0.15) is 25.7 Å². The van der Waals surface area contributed by atoms with Gasteiger partial charge in [-0.3, -0.25) is 0 Å². The van der Waals surface area contributed by atoms with E-state index in [4.69, 9.17) is 0 Å². The third-order valence-corrected chi connectivity index (χ3v) is 3.03. The highest BCUT2D eigenvalue weighted by molar-refractivity contribution is 5.57. The molecule has 92 valence electrons. The SMILES string of the molecule is O=[N+]([O-])c1ncccc1NC1CCCCC1O. The van der Waals surface area contributed by atoms with Gasteiger partial charge >= 0.3 is 5.82 Å². The number of hydrogen-bond donors (Lipinski definition) is 2. The molecule has 1 heterocycles. The smallest absolute Gasteiger partial charge is 0.386 e. The second kappa shape index (κ2) is 5.09. The lowest BCUT2D eigenvalue weighted by Crippen LogP contribution is -2.36. The van der Waals surface area contributed by atoms with Gasteiger partial charge in [0.1, 0.15) is 11.9 Å². The first kappa shape index (κ1) is 11.8. The lowest BCUT2D eigenvalue weighted by molar-refractivity contribution is -0.388. The second-order valence-electron chi connectivity index (χ2n) is 4.23.